The van der Waals surface area contributed by atoms with Crippen LogP contribution in [-0.2, 0) is 18.4 Å². The molecule has 1 aliphatic heterocycles. The number of thioether (sulfide) groups is 1. The zero-order valence-electron chi connectivity index (χ0n) is 15.9. The van der Waals surface area contributed by atoms with Crippen molar-refractivity contribution in [2.24, 2.45) is 0 Å². The van der Waals surface area contributed by atoms with Gasteiger partial charge in [0.2, 0.25) is 0 Å². The van der Waals surface area contributed by atoms with Gasteiger partial charge in [-0.1, -0.05) is 57.2 Å². The van der Waals surface area contributed by atoms with Crippen molar-refractivity contribution in [1.82, 2.24) is 14.8 Å². The Morgan fingerprint density at radius 1 is 1.19 bits per heavy atom. The second-order valence-electron chi connectivity index (χ2n) is 7.88. The number of aliphatic hydroxyl groups excluding tert-OH is 1. The maximum atomic E-state index is 10.4. The van der Waals surface area contributed by atoms with E-state index in [2.05, 4.69) is 41.6 Å². The number of aryl methyl sites for hydroxylation is 1. The lowest BCUT2D eigenvalue weighted by Gasteiger charge is -2.23. The van der Waals surface area contributed by atoms with E-state index < -0.39 is 6.10 Å². The summed E-state index contributed by atoms with van der Waals surface area (Å²) in [5.41, 5.74) is 1.16. The molecule has 3 rings (SSSR count). The molecule has 1 N–H and O–H groups in total. The summed E-state index contributed by atoms with van der Waals surface area (Å²) in [4.78, 5) is 0. The number of ether oxygens (including phenoxy) is 1. The van der Waals surface area contributed by atoms with E-state index in [0.29, 0.717) is 5.75 Å². The van der Waals surface area contributed by atoms with Crippen LogP contribution in [0.5, 0.6) is 5.75 Å². The third-order valence-electron chi connectivity index (χ3n) is 4.61. The molecule has 5 nitrogen and oxygen atoms in total. The highest BCUT2D eigenvalue weighted by Gasteiger charge is 2.20. The summed E-state index contributed by atoms with van der Waals surface area (Å²) in [5, 5.41) is 19.9. The second kappa shape index (κ2) is 8.44. The summed E-state index contributed by atoms with van der Waals surface area (Å²) in [6, 6.07) is 8.05. The van der Waals surface area contributed by atoms with Crippen LogP contribution in [0.3, 0.4) is 0 Å². The van der Waals surface area contributed by atoms with Crippen LogP contribution in [0, 0.1) is 0 Å². The van der Waals surface area contributed by atoms with Crippen molar-refractivity contribution in [1.29, 1.82) is 0 Å². The molecular formula is C20H29N3O2S. The molecule has 6 heteroatoms. The molecule has 0 fully saturated rings. The fourth-order valence-electron chi connectivity index (χ4n) is 3.18. The van der Waals surface area contributed by atoms with Gasteiger partial charge < -0.3 is 14.4 Å². The zero-order valence-corrected chi connectivity index (χ0v) is 16.8. The number of nitrogens with zero attached hydrogens (tertiary/aromatic N) is 3. The van der Waals surface area contributed by atoms with E-state index in [1.165, 1.54) is 19.3 Å². The number of hydrogen-bond donors (Lipinski definition) is 1. The molecule has 1 unspecified atom stereocenters. The van der Waals surface area contributed by atoms with Gasteiger partial charge in [0.15, 0.2) is 5.16 Å². The predicted octanol–water partition coefficient (Wildman–Crippen LogP) is 3.83. The minimum absolute atomic E-state index is 0.00931. The summed E-state index contributed by atoms with van der Waals surface area (Å²) >= 11 is 1.56. The quantitative estimate of drug-likeness (QED) is 0.778. The van der Waals surface area contributed by atoms with Crippen molar-refractivity contribution in [2.45, 2.75) is 69.7 Å². The number of rotatable bonds is 6. The average Bonchev–Trinajstić information content (AvgIpc) is 2.84. The van der Waals surface area contributed by atoms with Crippen molar-refractivity contribution in [3.8, 4) is 5.75 Å². The van der Waals surface area contributed by atoms with Crippen molar-refractivity contribution < 1.29 is 9.84 Å². The molecule has 0 aliphatic carbocycles. The summed E-state index contributed by atoms with van der Waals surface area (Å²) in [5.74, 6) is 2.48. The molecule has 0 radical (unpaired) electrons. The largest absolute Gasteiger partial charge is 0.491 e. The van der Waals surface area contributed by atoms with Gasteiger partial charge in [-0.3, -0.25) is 0 Å². The van der Waals surface area contributed by atoms with E-state index in [4.69, 9.17) is 4.74 Å². The number of hydrogen-bond acceptors (Lipinski definition) is 5. The van der Waals surface area contributed by atoms with E-state index >= 15 is 0 Å². The molecular weight excluding hydrogens is 346 g/mol. The Hall–Kier alpha value is -1.53. The van der Waals surface area contributed by atoms with Gasteiger partial charge in [0.05, 0.1) is 6.10 Å². The molecule has 2 heterocycles. The Bertz CT molecular complexity index is 724. The van der Waals surface area contributed by atoms with Gasteiger partial charge in [-0.2, -0.15) is 0 Å². The topological polar surface area (TPSA) is 60.2 Å². The lowest BCUT2D eigenvalue weighted by atomic mass is 9.86. The van der Waals surface area contributed by atoms with E-state index in [1.54, 1.807) is 11.8 Å². The number of benzene rings is 1. The Kier molecular flexibility index (Phi) is 6.24. The summed E-state index contributed by atoms with van der Waals surface area (Å²) < 4.78 is 8.13. The normalized spacial score (nSPS) is 16.0. The van der Waals surface area contributed by atoms with Crippen LogP contribution < -0.4 is 4.74 Å². The van der Waals surface area contributed by atoms with Crippen molar-refractivity contribution >= 4 is 11.8 Å². The number of aliphatic hydroxyl groups is 1. The van der Waals surface area contributed by atoms with Crippen LogP contribution >= 0.6 is 11.8 Å². The van der Waals surface area contributed by atoms with Crippen molar-refractivity contribution in [3.05, 3.63) is 35.7 Å². The summed E-state index contributed by atoms with van der Waals surface area (Å²) in [6.07, 6.45) is 4.06. The summed E-state index contributed by atoms with van der Waals surface area (Å²) in [6.45, 7) is 7.76. The molecule has 1 atom stereocenters. The molecule has 142 valence electrons. The standard InChI is InChI=1S/C20H29N3O2S/c1-20(2,3)16-9-6-7-10-17(16)25-13-15(24)14-26-19-22-21-18-11-5-4-8-12-23(18)19/h6-7,9-10,15,24H,4-5,8,11-14H2,1-3H3. The number of aromatic nitrogens is 3. The first kappa shape index (κ1) is 19.2. The van der Waals surface area contributed by atoms with Crippen LogP contribution in [0.25, 0.3) is 0 Å². The van der Waals surface area contributed by atoms with Gasteiger partial charge in [0, 0.05) is 18.7 Å². The molecule has 2 aromatic rings. The first-order valence-electron chi connectivity index (χ1n) is 9.40. The van der Waals surface area contributed by atoms with Gasteiger partial charge in [-0.15, -0.1) is 10.2 Å². The fourth-order valence-corrected chi connectivity index (χ4v) is 4.07. The highest BCUT2D eigenvalue weighted by Crippen LogP contribution is 2.31. The number of para-hydroxylation sites is 1. The van der Waals surface area contributed by atoms with E-state index in [-0.39, 0.29) is 12.0 Å². The maximum Gasteiger partial charge on any atom is 0.191 e. The Morgan fingerprint density at radius 3 is 2.81 bits per heavy atom. The zero-order chi connectivity index (χ0) is 18.6. The first-order chi connectivity index (χ1) is 12.4. The molecule has 1 aliphatic rings. The fraction of sp³-hybridized carbons (Fsp3) is 0.600. The highest BCUT2D eigenvalue weighted by atomic mass is 32.2. The predicted molar refractivity (Wildman–Crippen MR) is 105 cm³/mol. The molecule has 0 spiro atoms. The van der Waals surface area contributed by atoms with E-state index in [1.807, 2.05) is 18.2 Å². The smallest absolute Gasteiger partial charge is 0.191 e. The number of fused-ring (bicyclic) bond motifs is 1. The molecule has 1 aromatic heterocycles. The SMILES string of the molecule is CC(C)(C)c1ccccc1OCC(O)CSc1nnc2n1CCCCC2. The Labute approximate surface area is 160 Å². The van der Waals surface area contributed by atoms with Gasteiger partial charge >= 0.3 is 0 Å². The minimum Gasteiger partial charge on any atom is -0.491 e. The Morgan fingerprint density at radius 2 is 2.00 bits per heavy atom. The minimum atomic E-state index is -0.549. The van der Waals surface area contributed by atoms with Crippen molar-refractivity contribution in [3.63, 3.8) is 0 Å². The lowest BCUT2D eigenvalue weighted by Crippen LogP contribution is -2.22. The van der Waals surface area contributed by atoms with Crippen LogP contribution in [0.1, 0.15) is 51.4 Å². The van der Waals surface area contributed by atoms with E-state index in [0.717, 1.165) is 35.3 Å². The van der Waals surface area contributed by atoms with Gasteiger partial charge in [0.1, 0.15) is 18.2 Å². The van der Waals surface area contributed by atoms with Gasteiger partial charge in [0.25, 0.3) is 0 Å². The third-order valence-corrected chi connectivity index (χ3v) is 5.72. The van der Waals surface area contributed by atoms with Crippen LogP contribution in [0.2, 0.25) is 0 Å². The van der Waals surface area contributed by atoms with E-state index in [9.17, 15) is 5.11 Å². The van der Waals surface area contributed by atoms with Gasteiger partial charge in [-0.25, -0.2) is 0 Å². The molecule has 26 heavy (non-hydrogen) atoms. The van der Waals surface area contributed by atoms with Crippen molar-refractivity contribution in [2.75, 3.05) is 12.4 Å². The molecule has 0 saturated carbocycles. The van der Waals surface area contributed by atoms with Crippen LogP contribution in [0.4, 0.5) is 0 Å². The molecule has 0 saturated heterocycles. The highest BCUT2D eigenvalue weighted by molar-refractivity contribution is 7.99. The maximum absolute atomic E-state index is 10.4. The molecule has 1 aromatic carbocycles. The lowest BCUT2D eigenvalue weighted by molar-refractivity contribution is 0.125. The van der Waals surface area contributed by atoms with Crippen LogP contribution in [0.15, 0.2) is 29.4 Å². The van der Waals surface area contributed by atoms with Gasteiger partial charge in [-0.05, 0) is 29.9 Å². The third kappa shape index (κ3) is 4.80. The first-order valence-corrected chi connectivity index (χ1v) is 10.4. The molecule has 0 bridgehead atoms. The van der Waals surface area contributed by atoms with Crippen LogP contribution in [-0.4, -0.2) is 38.3 Å². The summed E-state index contributed by atoms with van der Waals surface area (Å²) in [7, 11) is 0. The second-order valence-corrected chi connectivity index (χ2v) is 8.87. The monoisotopic (exact) mass is 375 g/mol. The Balaban J connectivity index is 1.54. The average molecular weight is 376 g/mol. The molecule has 0 amide bonds.